The second-order valence-electron chi connectivity index (χ2n) is 7.29. The number of aromatic nitrogens is 3. The Morgan fingerprint density at radius 1 is 1.30 bits per heavy atom. The fraction of sp³-hybridized carbons (Fsp3) is 0.474. The van der Waals surface area contributed by atoms with E-state index in [9.17, 15) is 4.79 Å². The highest BCUT2D eigenvalue weighted by Crippen LogP contribution is 2.33. The molecule has 144 valence electrons. The topological polar surface area (TPSA) is 123 Å². The summed E-state index contributed by atoms with van der Waals surface area (Å²) in [7, 11) is 0. The number of hydrogen-bond donors (Lipinski definition) is 3. The van der Waals surface area contributed by atoms with Gasteiger partial charge in [0.15, 0.2) is 0 Å². The van der Waals surface area contributed by atoms with Gasteiger partial charge in [-0.1, -0.05) is 13.8 Å². The first kappa shape index (κ1) is 18.9. The minimum atomic E-state index is -0.0336. The van der Waals surface area contributed by atoms with Crippen molar-refractivity contribution in [1.82, 2.24) is 20.3 Å². The van der Waals surface area contributed by atoms with Crippen LogP contribution in [-0.4, -0.2) is 40.0 Å². The average molecular weight is 369 g/mol. The molecule has 1 saturated heterocycles. The van der Waals surface area contributed by atoms with E-state index in [1.807, 2.05) is 26.8 Å². The molecule has 1 aliphatic rings. The second kappa shape index (κ2) is 7.77. The summed E-state index contributed by atoms with van der Waals surface area (Å²) >= 11 is 0. The molecule has 1 fully saturated rings. The second-order valence-corrected chi connectivity index (χ2v) is 7.29. The summed E-state index contributed by atoms with van der Waals surface area (Å²) in [6.07, 6.45) is 3.64. The van der Waals surface area contributed by atoms with Crippen LogP contribution in [0, 0.1) is 12.8 Å². The Bertz CT molecular complexity index is 820. The third-order valence-electron chi connectivity index (χ3n) is 4.75. The van der Waals surface area contributed by atoms with E-state index in [1.54, 1.807) is 12.3 Å². The molecule has 2 aromatic rings. The highest BCUT2D eigenvalue weighted by molar-refractivity contribution is 5.80. The van der Waals surface area contributed by atoms with Gasteiger partial charge in [0.2, 0.25) is 11.9 Å². The van der Waals surface area contributed by atoms with Crippen LogP contribution in [0.3, 0.4) is 0 Å². The molecule has 1 amide bonds. The predicted molar refractivity (Wildman–Crippen MR) is 107 cm³/mol. The van der Waals surface area contributed by atoms with Crippen molar-refractivity contribution in [2.24, 2.45) is 5.92 Å². The summed E-state index contributed by atoms with van der Waals surface area (Å²) in [6, 6.07) is 3.76. The zero-order valence-electron chi connectivity index (χ0n) is 16.1. The molecular formula is C19H27N7O. The summed E-state index contributed by atoms with van der Waals surface area (Å²) in [5.41, 5.74) is 14.2. The van der Waals surface area contributed by atoms with Crippen molar-refractivity contribution < 1.29 is 4.79 Å². The number of nitrogen functional groups attached to an aromatic ring is 2. The van der Waals surface area contributed by atoms with Gasteiger partial charge in [0.05, 0.1) is 5.69 Å². The summed E-state index contributed by atoms with van der Waals surface area (Å²) in [5, 5.41) is 3.13. The zero-order chi connectivity index (χ0) is 19.6. The number of pyridine rings is 1. The number of hydrogen-bond acceptors (Lipinski definition) is 7. The van der Waals surface area contributed by atoms with Crippen LogP contribution in [0.15, 0.2) is 18.3 Å². The van der Waals surface area contributed by atoms with Gasteiger partial charge in [0, 0.05) is 42.4 Å². The number of aryl methyl sites for hydroxylation is 1. The van der Waals surface area contributed by atoms with E-state index in [0.29, 0.717) is 12.4 Å². The van der Waals surface area contributed by atoms with E-state index in [0.717, 1.165) is 42.0 Å². The van der Waals surface area contributed by atoms with Crippen molar-refractivity contribution in [2.75, 3.05) is 29.5 Å². The molecular weight excluding hydrogens is 342 g/mol. The lowest BCUT2D eigenvalue weighted by Gasteiger charge is -2.35. The Balaban J connectivity index is 1.93. The molecule has 3 rings (SSSR count). The lowest BCUT2D eigenvalue weighted by molar-refractivity contribution is -0.124. The standard InChI is InChI=1S/C19H27N7O/c1-11(2)18(27)24-14-5-4-8-26(10-14)17-16(12(3)23-19(21)25-17)13-6-7-15(20)22-9-13/h6-7,9,11,14H,4-5,8,10H2,1-3H3,(H2,20,22)(H,24,27)(H2,21,23,25). The molecule has 1 atom stereocenters. The number of nitrogens with zero attached hydrogens (tertiary/aromatic N) is 4. The maximum Gasteiger partial charge on any atom is 0.222 e. The number of amides is 1. The Hall–Kier alpha value is -2.90. The fourth-order valence-corrected chi connectivity index (χ4v) is 3.35. The van der Waals surface area contributed by atoms with Gasteiger partial charge in [0.1, 0.15) is 11.6 Å². The number of nitrogens with one attached hydrogen (secondary N) is 1. The molecule has 5 N–H and O–H groups in total. The van der Waals surface area contributed by atoms with Crippen molar-refractivity contribution >= 4 is 23.5 Å². The Kier molecular flexibility index (Phi) is 5.43. The van der Waals surface area contributed by atoms with Crippen LogP contribution in [0.2, 0.25) is 0 Å². The maximum absolute atomic E-state index is 12.1. The van der Waals surface area contributed by atoms with Gasteiger partial charge >= 0.3 is 0 Å². The molecule has 27 heavy (non-hydrogen) atoms. The predicted octanol–water partition coefficient (Wildman–Crippen LogP) is 1.75. The van der Waals surface area contributed by atoms with E-state index in [-0.39, 0.29) is 23.8 Å². The van der Waals surface area contributed by atoms with Gasteiger partial charge in [-0.2, -0.15) is 4.98 Å². The summed E-state index contributed by atoms with van der Waals surface area (Å²) < 4.78 is 0. The van der Waals surface area contributed by atoms with Crippen LogP contribution in [0.4, 0.5) is 17.6 Å². The number of rotatable bonds is 4. The Labute approximate surface area is 159 Å². The maximum atomic E-state index is 12.1. The van der Waals surface area contributed by atoms with Gasteiger partial charge in [0.25, 0.3) is 0 Å². The van der Waals surface area contributed by atoms with Crippen molar-refractivity contribution in [3.8, 4) is 11.1 Å². The average Bonchev–Trinajstić information content (AvgIpc) is 2.62. The van der Waals surface area contributed by atoms with Crippen LogP contribution in [0.5, 0.6) is 0 Å². The van der Waals surface area contributed by atoms with Crippen molar-refractivity contribution in [3.05, 3.63) is 24.0 Å². The van der Waals surface area contributed by atoms with Crippen molar-refractivity contribution in [1.29, 1.82) is 0 Å². The first-order valence-corrected chi connectivity index (χ1v) is 9.26. The number of carbonyl (C=O) groups is 1. The minimum absolute atomic E-state index is 0.0336. The lowest BCUT2D eigenvalue weighted by Crippen LogP contribution is -2.49. The molecule has 1 unspecified atom stereocenters. The van der Waals surface area contributed by atoms with Crippen molar-refractivity contribution in [2.45, 2.75) is 39.7 Å². The van der Waals surface area contributed by atoms with Gasteiger partial charge in [-0.3, -0.25) is 4.79 Å². The van der Waals surface area contributed by atoms with Crippen LogP contribution in [0.1, 0.15) is 32.4 Å². The highest BCUT2D eigenvalue weighted by atomic mass is 16.1. The molecule has 3 heterocycles. The SMILES string of the molecule is Cc1nc(N)nc(N2CCCC(NC(=O)C(C)C)C2)c1-c1ccc(N)nc1. The fourth-order valence-electron chi connectivity index (χ4n) is 3.35. The van der Waals surface area contributed by atoms with Gasteiger partial charge in [-0.05, 0) is 31.9 Å². The van der Waals surface area contributed by atoms with E-state index >= 15 is 0 Å². The zero-order valence-corrected chi connectivity index (χ0v) is 16.1. The molecule has 0 radical (unpaired) electrons. The number of nitrogens with two attached hydrogens (primary N) is 2. The Morgan fingerprint density at radius 3 is 2.74 bits per heavy atom. The van der Waals surface area contributed by atoms with Crippen LogP contribution in [-0.2, 0) is 4.79 Å². The van der Waals surface area contributed by atoms with Crippen LogP contribution < -0.4 is 21.7 Å². The molecule has 8 heteroatoms. The summed E-state index contributed by atoms with van der Waals surface area (Å²) in [5.74, 6) is 1.51. The van der Waals surface area contributed by atoms with Crippen LogP contribution in [0.25, 0.3) is 11.1 Å². The first-order chi connectivity index (χ1) is 12.8. The molecule has 0 aromatic carbocycles. The molecule has 0 aliphatic carbocycles. The number of carbonyl (C=O) groups excluding carboxylic acids is 1. The first-order valence-electron chi connectivity index (χ1n) is 9.26. The number of anilines is 3. The molecule has 2 aromatic heterocycles. The largest absolute Gasteiger partial charge is 0.384 e. The quantitative estimate of drug-likeness (QED) is 0.750. The lowest BCUT2D eigenvalue weighted by atomic mass is 10.0. The Morgan fingerprint density at radius 2 is 2.07 bits per heavy atom. The smallest absolute Gasteiger partial charge is 0.222 e. The van der Waals surface area contributed by atoms with E-state index < -0.39 is 0 Å². The monoisotopic (exact) mass is 369 g/mol. The summed E-state index contributed by atoms with van der Waals surface area (Å²) in [6.45, 7) is 7.24. The van der Waals surface area contributed by atoms with Crippen molar-refractivity contribution in [3.63, 3.8) is 0 Å². The normalized spacial score (nSPS) is 17.2. The van der Waals surface area contributed by atoms with Crippen LogP contribution >= 0.6 is 0 Å². The molecule has 0 spiro atoms. The van der Waals surface area contributed by atoms with Gasteiger partial charge in [-0.15, -0.1) is 0 Å². The van der Waals surface area contributed by atoms with Gasteiger partial charge in [-0.25, -0.2) is 9.97 Å². The van der Waals surface area contributed by atoms with E-state index in [1.165, 1.54) is 0 Å². The molecule has 0 bridgehead atoms. The third-order valence-corrected chi connectivity index (χ3v) is 4.75. The van der Waals surface area contributed by atoms with E-state index in [2.05, 4.69) is 25.2 Å². The highest BCUT2D eigenvalue weighted by Gasteiger charge is 2.26. The minimum Gasteiger partial charge on any atom is -0.384 e. The number of piperidine rings is 1. The third kappa shape index (κ3) is 4.27. The molecule has 1 aliphatic heterocycles. The molecule has 0 saturated carbocycles. The van der Waals surface area contributed by atoms with Gasteiger partial charge < -0.3 is 21.7 Å². The van der Waals surface area contributed by atoms with E-state index in [4.69, 9.17) is 11.5 Å². The molecule has 8 nitrogen and oxygen atoms in total. The summed E-state index contributed by atoms with van der Waals surface area (Å²) in [4.78, 5) is 27.3.